The van der Waals surface area contributed by atoms with Crippen LogP contribution in [0.2, 0.25) is 0 Å². The first-order valence-electron chi connectivity index (χ1n) is 8.29. The number of rotatable bonds is 5. The van der Waals surface area contributed by atoms with Crippen LogP contribution in [0.5, 0.6) is 0 Å². The molecule has 2 aromatic rings. The summed E-state index contributed by atoms with van der Waals surface area (Å²) in [5.74, 6) is -1.12. The summed E-state index contributed by atoms with van der Waals surface area (Å²) in [5, 5.41) is 14.5. The molecule has 0 atom stereocenters. The van der Waals surface area contributed by atoms with Crippen molar-refractivity contribution in [3.63, 3.8) is 0 Å². The van der Waals surface area contributed by atoms with Gasteiger partial charge in [0, 0.05) is 6.54 Å². The number of ether oxygens (including phenoxy) is 1. The molecule has 1 amide bonds. The Bertz CT molecular complexity index is 927. The number of hydrogen-bond donors (Lipinski definition) is 3. The summed E-state index contributed by atoms with van der Waals surface area (Å²) in [7, 11) is 0. The molecule has 0 aliphatic rings. The van der Waals surface area contributed by atoms with Gasteiger partial charge in [-0.2, -0.15) is 4.98 Å². The summed E-state index contributed by atoms with van der Waals surface area (Å²) in [4.78, 5) is 39.3. The Morgan fingerprint density at radius 1 is 1.22 bits per heavy atom. The monoisotopic (exact) mass is 377 g/mol. The topological polar surface area (TPSA) is 131 Å². The minimum absolute atomic E-state index is 0.163. The Labute approximate surface area is 155 Å². The zero-order chi connectivity index (χ0) is 20.4. The van der Waals surface area contributed by atoms with Crippen LogP contribution in [0.15, 0.2) is 27.4 Å². The summed E-state index contributed by atoms with van der Waals surface area (Å²) < 4.78 is 10.2. The third-order valence-electron chi connectivity index (χ3n) is 3.48. The number of carbonyl (C=O) groups excluding carboxylic acids is 1. The van der Waals surface area contributed by atoms with Gasteiger partial charge in [0.1, 0.15) is 11.1 Å². The number of aromatic nitrogens is 1. The fourth-order valence-electron chi connectivity index (χ4n) is 2.09. The minimum atomic E-state index is -1.35. The number of fused-ring (bicyclic) bond motifs is 1. The molecule has 0 saturated carbocycles. The maximum absolute atomic E-state index is 12.2. The van der Waals surface area contributed by atoms with Crippen molar-refractivity contribution in [2.24, 2.45) is 0 Å². The molecule has 9 heteroatoms. The maximum Gasteiger partial charge on any atom is 0.407 e. The molecule has 0 spiro atoms. The van der Waals surface area contributed by atoms with Gasteiger partial charge in [0.2, 0.25) is 0 Å². The van der Waals surface area contributed by atoms with Crippen molar-refractivity contribution in [3.8, 4) is 0 Å². The van der Waals surface area contributed by atoms with E-state index in [1.54, 1.807) is 39.0 Å². The van der Waals surface area contributed by atoms with E-state index in [-0.39, 0.29) is 17.9 Å². The molecular weight excluding hydrogens is 354 g/mol. The van der Waals surface area contributed by atoms with Crippen molar-refractivity contribution in [1.29, 1.82) is 0 Å². The van der Waals surface area contributed by atoms with Crippen LogP contribution in [0.4, 0.5) is 10.8 Å². The molecule has 1 aromatic carbocycles. The standard InChI is InChI=1S/C18H23N3O6/c1-17(2,3)27-16(25)19-9-10-6-7-12-11(8-10)13(22)26-15(20-12)21-18(4,5)14(23)24/h6-8H,9H2,1-5H3,(H,19,25)(H,20,21)(H,23,24). The summed E-state index contributed by atoms with van der Waals surface area (Å²) in [6.07, 6.45) is -0.566. The highest BCUT2D eigenvalue weighted by molar-refractivity contribution is 5.82. The van der Waals surface area contributed by atoms with Gasteiger partial charge in [0.15, 0.2) is 0 Å². The van der Waals surface area contributed by atoms with Gasteiger partial charge in [-0.1, -0.05) is 6.07 Å². The Hall–Kier alpha value is -3.10. The van der Waals surface area contributed by atoms with Gasteiger partial charge in [0.05, 0.1) is 10.9 Å². The molecular formula is C18H23N3O6. The summed E-state index contributed by atoms with van der Waals surface area (Å²) in [6.45, 7) is 8.29. The van der Waals surface area contributed by atoms with Gasteiger partial charge >= 0.3 is 17.7 Å². The quantitative estimate of drug-likeness (QED) is 0.724. The van der Waals surface area contributed by atoms with E-state index in [0.717, 1.165) is 0 Å². The lowest BCUT2D eigenvalue weighted by atomic mass is 10.1. The van der Waals surface area contributed by atoms with Crippen LogP contribution in [0.1, 0.15) is 40.2 Å². The Morgan fingerprint density at radius 2 is 1.89 bits per heavy atom. The molecule has 0 bridgehead atoms. The lowest BCUT2D eigenvalue weighted by molar-refractivity contribution is -0.141. The van der Waals surface area contributed by atoms with Crippen molar-refractivity contribution in [2.75, 3.05) is 5.32 Å². The van der Waals surface area contributed by atoms with Crippen molar-refractivity contribution in [3.05, 3.63) is 34.2 Å². The fraction of sp³-hybridized carbons (Fsp3) is 0.444. The second-order valence-electron chi connectivity index (χ2n) is 7.57. The third-order valence-corrected chi connectivity index (χ3v) is 3.48. The first kappa shape index (κ1) is 20.2. The molecule has 1 aromatic heterocycles. The van der Waals surface area contributed by atoms with E-state index in [1.807, 2.05) is 0 Å². The molecule has 0 saturated heterocycles. The summed E-state index contributed by atoms with van der Waals surface area (Å²) in [5.41, 5.74) is -1.62. The smallest absolute Gasteiger partial charge is 0.407 e. The third kappa shape index (κ3) is 5.44. The second-order valence-corrected chi connectivity index (χ2v) is 7.57. The molecule has 1 heterocycles. The van der Waals surface area contributed by atoms with Gasteiger partial charge in [-0.15, -0.1) is 0 Å². The molecule has 2 rings (SSSR count). The average Bonchev–Trinajstić information content (AvgIpc) is 2.51. The molecule has 0 unspecified atom stereocenters. The van der Waals surface area contributed by atoms with E-state index < -0.39 is 28.8 Å². The van der Waals surface area contributed by atoms with Gasteiger partial charge in [-0.05, 0) is 52.3 Å². The van der Waals surface area contributed by atoms with Crippen LogP contribution < -0.4 is 16.3 Å². The van der Waals surface area contributed by atoms with Gasteiger partial charge in [0.25, 0.3) is 6.01 Å². The number of anilines is 1. The highest BCUT2D eigenvalue weighted by Crippen LogP contribution is 2.17. The number of nitrogens with zero attached hydrogens (tertiary/aromatic N) is 1. The van der Waals surface area contributed by atoms with Crippen LogP contribution in [-0.2, 0) is 16.1 Å². The SMILES string of the molecule is CC(C)(C)OC(=O)NCc1ccc2nc(NC(C)(C)C(=O)O)oc(=O)c2c1. The number of aliphatic carboxylic acids is 1. The predicted molar refractivity (Wildman–Crippen MR) is 98.7 cm³/mol. The number of alkyl carbamates (subject to hydrolysis) is 1. The minimum Gasteiger partial charge on any atom is -0.480 e. The number of amides is 1. The Kier molecular flexibility index (Phi) is 5.43. The van der Waals surface area contributed by atoms with Gasteiger partial charge in [-0.25, -0.2) is 14.4 Å². The number of hydrogen-bond acceptors (Lipinski definition) is 7. The molecule has 27 heavy (non-hydrogen) atoms. The Morgan fingerprint density at radius 3 is 2.48 bits per heavy atom. The molecule has 0 aliphatic heterocycles. The largest absolute Gasteiger partial charge is 0.480 e. The van der Waals surface area contributed by atoms with E-state index >= 15 is 0 Å². The number of carbonyl (C=O) groups is 2. The van der Waals surface area contributed by atoms with E-state index in [2.05, 4.69) is 15.6 Å². The van der Waals surface area contributed by atoms with Crippen molar-refractivity contribution < 1.29 is 23.8 Å². The van der Waals surface area contributed by atoms with Crippen molar-refractivity contribution in [1.82, 2.24) is 10.3 Å². The maximum atomic E-state index is 12.2. The molecule has 0 aliphatic carbocycles. The van der Waals surface area contributed by atoms with Crippen LogP contribution >= 0.6 is 0 Å². The van der Waals surface area contributed by atoms with Crippen molar-refractivity contribution >= 4 is 29.0 Å². The summed E-state index contributed by atoms with van der Waals surface area (Å²) >= 11 is 0. The lowest BCUT2D eigenvalue weighted by Gasteiger charge is -2.20. The lowest BCUT2D eigenvalue weighted by Crippen LogP contribution is -2.40. The highest BCUT2D eigenvalue weighted by Gasteiger charge is 2.28. The van der Waals surface area contributed by atoms with E-state index in [9.17, 15) is 14.4 Å². The molecule has 3 N–H and O–H groups in total. The van der Waals surface area contributed by atoms with E-state index in [0.29, 0.717) is 11.1 Å². The molecule has 0 radical (unpaired) electrons. The molecule has 9 nitrogen and oxygen atoms in total. The van der Waals surface area contributed by atoms with Crippen LogP contribution in [-0.4, -0.2) is 33.3 Å². The van der Waals surface area contributed by atoms with Crippen LogP contribution in [0, 0.1) is 0 Å². The van der Waals surface area contributed by atoms with E-state index in [1.165, 1.54) is 13.8 Å². The van der Waals surface area contributed by atoms with Crippen LogP contribution in [0.25, 0.3) is 10.9 Å². The van der Waals surface area contributed by atoms with E-state index in [4.69, 9.17) is 14.3 Å². The number of carboxylic acid groups (broad SMARTS) is 1. The first-order chi connectivity index (χ1) is 12.4. The van der Waals surface area contributed by atoms with Gasteiger partial charge < -0.3 is 24.9 Å². The molecule has 146 valence electrons. The number of benzene rings is 1. The first-order valence-corrected chi connectivity index (χ1v) is 8.29. The molecule has 0 fully saturated rings. The summed E-state index contributed by atoms with van der Waals surface area (Å²) in [6, 6.07) is 4.66. The number of carboxylic acids is 1. The number of nitrogens with one attached hydrogen (secondary N) is 2. The second kappa shape index (κ2) is 7.26. The Balaban J connectivity index is 2.20. The van der Waals surface area contributed by atoms with Crippen molar-refractivity contribution in [2.45, 2.75) is 52.3 Å². The normalized spacial score (nSPS) is 11.9. The predicted octanol–water partition coefficient (Wildman–Crippen LogP) is 2.49. The highest BCUT2D eigenvalue weighted by atomic mass is 16.6. The zero-order valence-electron chi connectivity index (χ0n) is 15.9. The fourth-order valence-corrected chi connectivity index (χ4v) is 2.09. The average molecular weight is 377 g/mol. The van der Waals surface area contributed by atoms with Gasteiger partial charge in [-0.3, -0.25) is 0 Å². The zero-order valence-corrected chi connectivity index (χ0v) is 15.9. The van der Waals surface area contributed by atoms with Crippen LogP contribution in [0.3, 0.4) is 0 Å².